The van der Waals surface area contributed by atoms with Crippen LogP contribution in [-0.4, -0.2) is 31.3 Å². The van der Waals surface area contributed by atoms with Crippen molar-refractivity contribution in [2.24, 2.45) is 4.99 Å². The average molecular weight is 427 g/mol. The van der Waals surface area contributed by atoms with Crippen LogP contribution >= 0.6 is 11.3 Å². The third-order valence-corrected chi connectivity index (χ3v) is 5.67. The highest BCUT2D eigenvalue weighted by molar-refractivity contribution is 7.16. The predicted molar refractivity (Wildman–Crippen MR) is 120 cm³/mol. The second kappa shape index (κ2) is 9.63. The van der Waals surface area contributed by atoms with Gasteiger partial charge in [0, 0.05) is 18.7 Å². The number of hydrogen-bond acceptors (Lipinski definition) is 5. The Morgan fingerprint density at radius 3 is 2.43 bits per heavy atom. The van der Waals surface area contributed by atoms with Crippen molar-refractivity contribution in [2.75, 3.05) is 20.8 Å². The molecule has 0 N–H and O–H groups in total. The van der Waals surface area contributed by atoms with Gasteiger partial charge in [-0.05, 0) is 23.6 Å². The number of benzene rings is 2. The minimum atomic E-state index is -0.355. The van der Waals surface area contributed by atoms with E-state index in [1.807, 2.05) is 41.0 Å². The summed E-state index contributed by atoms with van der Waals surface area (Å²) in [6.07, 6.45) is 1.76. The van der Waals surface area contributed by atoms with Crippen LogP contribution < -0.4 is 19.0 Å². The molecule has 0 aliphatic heterocycles. The third-order valence-electron chi connectivity index (χ3n) is 4.63. The van der Waals surface area contributed by atoms with Gasteiger partial charge in [0.05, 0.1) is 24.4 Å². The summed E-state index contributed by atoms with van der Waals surface area (Å²) < 4.78 is 19.3. The van der Waals surface area contributed by atoms with Crippen LogP contribution in [-0.2, 0) is 11.3 Å². The highest BCUT2D eigenvalue weighted by Gasteiger charge is 2.13. The van der Waals surface area contributed by atoms with Gasteiger partial charge in [-0.2, -0.15) is 4.99 Å². The number of aromatic nitrogens is 1. The number of allylic oxidation sites excluding steroid dienone is 1. The van der Waals surface area contributed by atoms with Crippen LogP contribution in [0.5, 0.6) is 17.2 Å². The number of rotatable bonds is 8. The Kier molecular flexibility index (Phi) is 6.95. The molecule has 0 spiro atoms. The number of amides is 1. The van der Waals surface area contributed by atoms with Crippen molar-refractivity contribution in [3.8, 4) is 17.2 Å². The van der Waals surface area contributed by atoms with E-state index in [2.05, 4.69) is 25.4 Å². The maximum absolute atomic E-state index is 12.5. The summed E-state index contributed by atoms with van der Waals surface area (Å²) in [6, 6.07) is 11.5. The standard InChI is InChI=1S/C23H26N2O4S/c1-6-11-25-18-12-19(27-4)20(28-5)13-21(18)30-23(25)24-22(26)14-29-17-9-7-16(8-10-17)15(2)3/h6-10,12-13,15H,1,11,14H2,2-5H3. The highest BCUT2D eigenvalue weighted by Crippen LogP contribution is 2.33. The number of thiazole rings is 1. The van der Waals surface area contributed by atoms with Crippen LogP contribution in [0.2, 0.25) is 0 Å². The van der Waals surface area contributed by atoms with E-state index in [0.717, 1.165) is 10.2 Å². The summed E-state index contributed by atoms with van der Waals surface area (Å²) in [5.74, 6) is 1.98. The molecule has 3 rings (SSSR count). The van der Waals surface area contributed by atoms with E-state index in [0.29, 0.717) is 34.5 Å². The summed E-state index contributed by atoms with van der Waals surface area (Å²) >= 11 is 1.40. The van der Waals surface area contributed by atoms with Gasteiger partial charge in [0.15, 0.2) is 22.9 Å². The molecule has 0 radical (unpaired) electrons. The van der Waals surface area contributed by atoms with Crippen LogP contribution in [0.4, 0.5) is 0 Å². The molecule has 2 aromatic carbocycles. The van der Waals surface area contributed by atoms with Crippen LogP contribution in [0, 0.1) is 0 Å². The first-order valence-electron chi connectivity index (χ1n) is 9.63. The molecule has 6 nitrogen and oxygen atoms in total. The lowest BCUT2D eigenvalue weighted by atomic mass is 10.0. The number of ether oxygens (including phenoxy) is 3. The Bertz CT molecular complexity index is 1110. The molecular weight excluding hydrogens is 400 g/mol. The van der Waals surface area contributed by atoms with E-state index in [1.54, 1.807) is 20.3 Å². The molecular formula is C23H26N2O4S. The lowest BCUT2D eigenvalue weighted by Crippen LogP contribution is -2.19. The zero-order chi connectivity index (χ0) is 21.7. The quantitative estimate of drug-likeness (QED) is 0.496. The number of carbonyl (C=O) groups excluding carboxylic acids is 1. The number of methoxy groups -OCH3 is 2. The SMILES string of the molecule is C=CCn1c(=NC(=O)COc2ccc(C(C)C)cc2)sc2cc(OC)c(OC)cc21. The van der Waals surface area contributed by atoms with Gasteiger partial charge in [0.1, 0.15) is 5.75 Å². The van der Waals surface area contributed by atoms with Crippen molar-refractivity contribution in [1.82, 2.24) is 4.57 Å². The summed E-state index contributed by atoms with van der Waals surface area (Å²) in [5, 5.41) is 0. The fourth-order valence-electron chi connectivity index (χ4n) is 3.02. The molecule has 0 unspecified atom stereocenters. The highest BCUT2D eigenvalue weighted by atomic mass is 32.1. The largest absolute Gasteiger partial charge is 0.493 e. The lowest BCUT2D eigenvalue weighted by Gasteiger charge is -2.08. The Labute approximate surface area is 180 Å². The third kappa shape index (κ3) is 4.74. The van der Waals surface area contributed by atoms with Gasteiger partial charge in [-0.15, -0.1) is 6.58 Å². The fraction of sp³-hybridized carbons (Fsp3) is 0.304. The second-order valence-corrected chi connectivity index (χ2v) is 7.99. The van der Waals surface area contributed by atoms with Crippen molar-refractivity contribution in [2.45, 2.75) is 26.3 Å². The predicted octanol–water partition coefficient (Wildman–Crippen LogP) is 4.54. The number of nitrogens with zero attached hydrogens (tertiary/aromatic N) is 2. The smallest absolute Gasteiger partial charge is 0.286 e. The minimum absolute atomic E-state index is 0.129. The molecule has 1 heterocycles. The van der Waals surface area contributed by atoms with Gasteiger partial charge in [-0.3, -0.25) is 4.79 Å². The number of fused-ring (bicyclic) bond motifs is 1. The van der Waals surface area contributed by atoms with Crippen LogP contribution in [0.3, 0.4) is 0 Å². The average Bonchev–Trinajstić information content (AvgIpc) is 3.07. The van der Waals surface area contributed by atoms with Crippen molar-refractivity contribution in [3.05, 3.63) is 59.4 Å². The van der Waals surface area contributed by atoms with Gasteiger partial charge in [-0.1, -0.05) is 43.4 Å². The van der Waals surface area contributed by atoms with Crippen molar-refractivity contribution >= 4 is 27.5 Å². The zero-order valence-corrected chi connectivity index (χ0v) is 18.5. The first-order valence-corrected chi connectivity index (χ1v) is 10.4. The number of hydrogen-bond donors (Lipinski definition) is 0. The molecule has 158 valence electrons. The summed E-state index contributed by atoms with van der Waals surface area (Å²) in [4.78, 5) is 17.3. The molecule has 0 atom stereocenters. The second-order valence-electron chi connectivity index (χ2n) is 6.98. The maximum Gasteiger partial charge on any atom is 0.286 e. The Morgan fingerprint density at radius 1 is 1.17 bits per heavy atom. The summed E-state index contributed by atoms with van der Waals surface area (Å²) in [6.45, 7) is 8.46. The van der Waals surface area contributed by atoms with E-state index in [1.165, 1.54) is 16.9 Å². The van der Waals surface area contributed by atoms with Crippen molar-refractivity contribution in [3.63, 3.8) is 0 Å². The van der Waals surface area contributed by atoms with E-state index in [4.69, 9.17) is 14.2 Å². The molecule has 1 aromatic heterocycles. The van der Waals surface area contributed by atoms with Crippen LogP contribution in [0.15, 0.2) is 54.0 Å². The summed E-state index contributed by atoms with van der Waals surface area (Å²) in [5.41, 5.74) is 2.12. The van der Waals surface area contributed by atoms with Crippen molar-refractivity contribution < 1.29 is 19.0 Å². The van der Waals surface area contributed by atoms with Crippen molar-refractivity contribution in [1.29, 1.82) is 0 Å². The fourth-order valence-corrected chi connectivity index (χ4v) is 4.09. The van der Waals surface area contributed by atoms with E-state index in [-0.39, 0.29) is 12.5 Å². The molecule has 1 amide bonds. The molecule has 0 saturated carbocycles. The van der Waals surface area contributed by atoms with Gasteiger partial charge in [0.2, 0.25) is 0 Å². The van der Waals surface area contributed by atoms with Gasteiger partial charge in [0.25, 0.3) is 5.91 Å². The zero-order valence-electron chi connectivity index (χ0n) is 17.7. The van der Waals surface area contributed by atoms with E-state index >= 15 is 0 Å². The van der Waals surface area contributed by atoms with E-state index in [9.17, 15) is 4.79 Å². The van der Waals surface area contributed by atoms with Crippen LogP contribution in [0.1, 0.15) is 25.3 Å². The van der Waals surface area contributed by atoms with Gasteiger partial charge < -0.3 is 18.8 Å². The summed E-state index contributed by atoms with van der Waals surface area (Å²) in [7, 11) is 3.18. The first-order chi connectivity index (χ1) is 14.5. The van der Waals surface area contributed by atoms with Gasteiger partial charge in [-0.25, -0.2) is 0 Å². The monoisotopic (exact) mass is 426 g/mol. The Balaban J connectivity index is 1.87. The molecule has 0 fully saturated rings. The molecule has 3 aromatic rings. The molecule has 0 aliphatic carbocycles. The Morgan fingerprint density at radius 2 is 1.83 bits per heavy atom. The Hall–Kier alpha value is -3.06. The molecule has 0 aliphatic rings. The molecule has 0 saturated heterocycles. The molecule has 7 heteroatoms. The number of carbonyl (C=O) groups is 1. The normalized spacial score (nSPS) is 11.7. The molecule has 30 heavy (non-hydrogen) atoms. The van der Waals surface area contributed by atoms with Crippen LogP contribution in [0.25, 0.3) is 10.2 Å². The lowest BCUT2D eigenvalue weighted by molar-refractivity contribution is -0.120. The van der Waals surface area contributed by atoms with E-state index < -0.39 is 0 Å². The minimum Gasteiger partial charge on any atom is -0.493 e. The first kappa shape index (κ1) is 21.6. The topological polar surface area (TPSA) is 62.1 Å². The molecule has 0 bridgehead atoms. The van der Waals surface area contributed by atoms with Gasteiger partial charge >= 0.3 is 0 Å². The maximum atomic E-state index is 12.5.